The molecular formula is C12H8O4. The molecule has 2 unspecified atom stereocenters. The lowest BCUT2D eigenvalue weighted by molar-refractivity contribution is -0.137. The molecule has 3 rings (SSSR count). The Morgan fingerprint density at radius 2 is 1.69 bits per heavy atom. The summed E-state index contributed by atoms with van der Waals surface area (Å²) in [5, 5.41) is 0. The van der Waals surface area contributed by atoms with E-state index in [1.165, 1.54) is 0 Å². The molecule has 0 spiro atoms. The molecule has 0 aromatic rings. The zero-order valence-corrected chi connectivity index (χ0v) is 8.36. The van der Waals surface area contributed by atoms with Crippen molar-refractivity contribution in [3.63, 3.8) is 0 Å². The van der Waals surface area contributed by atoms with Crippen LogP contribution in [-0.2, 0) is 19.1 Å². The first-order valence-electron chi connectivity index (χ1n) is 4.84. The Balaban J connectivity index is 2.13. The normalized spacial score (nSPS) is 31.5. The van der Waals surface area contributed by atoms with Crippen LogP contribution in [0.4, 0.5) is 0 Å². The number of allylic oxidation sites excluding steroid dienone is 2. The van der Waals surface area contributed by atoms with Crippen molar-refractivity contribution in [2.45, 2.75) is 0 Å². The van der Waals surface area contributed by atoms with Crippen molar-refractivity contribution in [2.24, 2.45) is 11.8 Å². The molecular weight excluding hydrogens is 208 g/mol. The lowest BCUT2D eigenvalue weighted by atomic mass is 9.83. The predicted molar refractivity (Wildman–Crippen MR) is 53.6 cm³/mol. The topological polar surface area (TPSA) is 52.6 Å². The van der Waals surface area contributed by atoms with Crippen LogP contribution in [-0.4, -0.2) is 11.9 Å². The molecule has 80 valence electrons. The molecule has 2 saturated heterocycles. The fourth-order valence-corrected chi connectivity index (χ4v) is 2.16. The summed E-state index contributed by atoms with van der Waals surface area (Å²) in [4.78, 5) is 22.9. The Bertz CT molecular complexity index is 475. The number of ether oxygens (including phenoxy) is 2. The first-order valence-corrected chi connectivity index (χ1v) is 4.84. The van der Waals surface area contributed by atoms with Gasteiger partial charge >= 0.3 is 11.9 Å². The number of cyclic esters (lactones) is 2. The zero-order valence-electron chi connectivity index (χ0n) is 8.36. The highest BCUT2D eigenvalue weighted by molar-refractivity contribution is 6.01. The van der Waals surface area contributed by atoms with E-state index < -0.39 is 11.9 Å². The van der Waals surface area contributed by atoms with E-state index in [0.717, 1.165) is 0 Å². The number of esters is 2. The number of rotatable bonds is 0. The molecule has 4 nitrogen and oxygen atoms in total. The predicted octanol–water partition coefficient (Wildman–Crippen LogP) is 1.23. The molecule has 0 bridgehead atoms. The molecule has 1 aliphatic carbocycles. The third-order valence-corrected chi connectivity index (χ3v) is 2.98. The number of hydrogen-bond donors (Lipinski definition) is 0. The highest BCUT2D eigenvalue weighted by atomic mass is 16.5. The second-order valence-corrected chi connectivity index (χ2v) is 3.91. The summed E-state index contributed by atoms with van der Waals surface area (Å²) in [6.45, 7) is 7.31. The quantitative estimate of drug-likeness (QED) is 0.571. The van der Waals surface area contributed by atoms with Crippen molar-refractivity contribution < 1.29 is 19.1 Å². The molecule has 2 atom stereocenters. The molecule has 0 saturated carbocycles. The number of fused-ring (bicyclic) bond motifs is 2. The van der Waals surface area contributed by atoms with Crippen molar-refractivity contribution >= 4 is 11.9 Å². The molecule has 4 heteroatoms. The molecule has 2 fully saturated rings. The molecule has 0 N–H and O–H groups in total. The first kappa shape index (κ1) is 9.15. The summed E-state index contributed by atoms with van der Waals surface area (Å²) in [6.07, 6.45) is 3.35. The second-order valence-electron chi connectivity index (χ2n) is 3.91. The van der Waals surface area contributed by atoms with Crippen LogP contribution in [0.25, 0.3) is 0 Å². The summed E-state index contributed by atoms with van der Waals surface area (Å²) in [7, 11) is 0. The largest absolute Gasteiger partial charge is 0.431 e. The van der Waals surface area contributed by atoms with Crippen molar-refractivity contribution in [1.29, 1.82) is 0 Å². The van der Waals surface area contributed by atoms with E-state index in [-0.39, 0.29) is 11.9 Å². The number of carbonyl (C=O) groups excluding carboxylic acids is 2. The maximum absolute atomic E-state index is 11.5. The summed E-state index contributed by atoms with van der Waals surface area (Å²) in [5.74, 6) is -0.767. The van der Waals surface area contributed by atoms with Crippen LogP contribution in [0, 0.1) is 11.8 Å². The number of hydrogen-bond acceptors (Lipinski definition) is 4. The monoisotopic (exact) mass is 216 g/mol. The Kier molecular flexibility index (Phi) is 1.56. The standard InChI is InChI=1S/C12H8O4/c1-5-7-3-8-6(2)16-12(14)10(8)4-9(7)11(13)15-5/h3-4,7,9H,1-2H2. The fraction of sp³-hybridized carbons (Fsp3) is 0.167. The molecule has 0 aromatic heterocycles. The van der Waals surface area contributed by atoms with Gasteiger partial charge in [-0.1, -0.05) is 25.3 Å². The summed E-state index contributed by atoms with van der Waals surface area (Å²) in [6, 6.07) is 0. The van der Waals surface area contributed by atoms with Crippen molar-refractivity contribution in [1.82, 2.24) is 0 Å². The van der Waals surface area contributed by atoms with Crippen molar-refractivity contribution in [2.75, 3.05) is 0 Å². The van der Waals surface area contributed by atoms with Crippen LogP contribution < -0.4 is 0 Å². The molecule has 0 amide bonds. The van der Waals surface area contributed by atoms with Crippen LogP contribution >= 0.6 is 0 Å². The van der Waals surface area contributed by atoms with E-state index in [2.05, 4.69) is 13.2 Å². The maximum Gasteiger partial charge on any atom is 0.343 e. The Labute approximate surface area is 91.5 Å². The van der Waals surface area contributed by atoms with Gasteiger partial charge in [0.1, 0.15) is 11.5 Å². The SMILES string of the molecule is C=C1OC(=O)C2=CC3C(=O)OC(=C)C3C=C12. The summed E-state index contributed by atoms with van der Waals surface area (Å²) >= 11 is 0. The van der Waals surface area contributed by atoms with Gasteiger partial charge in [-0.25, -0.2) is 4.79 Å². The smallest absolute Gasteiger partial charge is 0.343 e. The average Bonchev–Trinajstić information content (AvgIpc) is 2.67. The van der Waals surface area contributed by atoms with Gasteiger partial charge in [0.15, 0.2) is 0 Å². The van der Waals surface area contributed by atoms with Gasteiger partial charge < -0.3 is 9.47 Å². The Morgan fingerprint density at radius 1 is 1.00 bits per heavy atom. The Hall–Kier alpha value is -2.10. The van der Waals surface area contributed by atoms with Gasteiger partial charge in [0.05, 0.1) is 17.4 Å². The average molecular weight is 216 g/mol. The van der Waals surface area contributed by atoms with E-state index in [9.17, 15) is 9.59 Å². The van der Waals surface area contributed by atoms with Gasteiger partial charge in [-0.15, -0.1) is 0 Å². The van der Waals surface area contributed by atoms with Gasteiger partial charge in [-0.05, 0) is 0 Å². The minimum absolute atomic E-state index is 0.211. The molecule has 0 aromatic carbocycles. The third kappa shape index (κ3) is 0.984. The van der Waals surface area contributed by atoms with E-state index in [1.54, 1.807) is 12.2 Å². The van der Waals surface area contributed by atoms with E-state index >= 15 is 0 Å². The van der Waals surface area contributed by atoms with E-state index in [0.29, 0.717) is 22.7 Å². The highest BCUT2D eigenvalue weighted by Gasteiger charge is 2.44. The second kappa shape index (κ2) is 2.72. The fourth-order valence-electron chi connectivity index (χ4n) is 2.16. The Morgan fingerprint density at radius 3 is 2.44 bits per heavy atom. The van der Waals surface area contributed by atoms with Gasteiger partial charge in [0, 0.05) is 5.57 Å². The van der Waals surface area contributed by atoms with Crippen LogP contribution in [0.3, 0.4) is 0 Å². The maximum atomic E-state index is 11.5. The van der Waals surface area contributed by atoms with Crippen LogP contribution in [0.5, 0.6) is 0 Å². The molecule has 16 heavy (non-hydrogen) atoms. The lowest BCUT2D eigenvalue weighted by Crippen LogP contribution is -2.17. The van der Waals surface area contributed by atoms with Crippen LogP contribution in [0.1, 0.15) is 0 Å². The van der Waals surface area contributed by atoms with Gasteiger partial charge in [-0.3, -0.25) is 4.79 Å². The number of carbonyl (C=O) groups is 2. The minimum Gasteiger partial charge on any atom is -0.431 e. The molecule has 3 aliphatic rings. The van der Waals surface area contributed by atoms with Crippen molar-refractivity contribution in [3.05, 3.63) is 48.0 Å². The summed E-state index contributed by atoms with van der Waals surface area (Å²) < 4.78 is 9.83. The molecule has 2 aliphatic heterocycles. The zero-order chi connectivity index (χ0) is 11.4. The van der Waals surface area contributed by atoms with E-state index in [4.69, 9.17) is 9.47 Å². The molecule has 0 radical (unpaired) electrons. The summed E-state index contributed by atoms with van der Waals surface area (Å²) in [5.41, 5.74) is 1.05. The van der Waals surface area contributed by atoms with Crippen LogP contribution in [0.15, 0.2) is 48.0 Å². The first-order chi connectivity index (χ1) is 7.58. The van der Waals surface area contributed by atoms with Gasteiger partial charge in [-0.2, -0.15) is 0 Å². The third-order valence-electron chi connectivity index (χ3n) is 2.98. The molecule has 2 heterocycles. The van der Waals surface area contributed by atoms with E-state index in [1.807, 2.05) is 0 Å². The van der Waals surface area contributed by atoms with Gasteiger partial charge in [0.2, 0.25) is 0 Å². The highest BCUT2D eigenvalue weighted by Crippen LogP contribution is 2.43. The van der Waals surface area contributed by atoms with Crippen molar-refractivity contribution in [3.8, 4) is 0 Å². The van der Waals surface area contributed by atoms with Gasteiger partial charge in [0.25, 0.3) is 0 Å². The minimum atomic E-state index is -0.458. The van der Waals surface area contributed by atoms with Crippen LogP contribution in [0.2, 0.25) is 0 Å². The lowest BCUT2D eigenvalue weighted by Gasteiger charge is -2.14.